The van der Waals surface area contributed by atoms with E-state index in [0.29, 0.717) is 50.6 Å². The average molecular weight is 402 g/mol. The van der Waals surface area contributed by atoms with Crippen molar-refractivity contribution in [2.75, 3.05) is 42.5 Å². The lowest BCUT2D eigenvalue weighted by molar-refractivity contribution is -0.129. The molecule has 2 fully saturated rings. The maximum Gasteiger partial charge on any atom is 0.414 e. The van der Waals surface area contributed by atoms with Gasteiger partial charge in [0.25, 0.3) is 0 Å². The molecule has 2 aromatic rings. The minimum Gasteiger partial charge on any atom is -0.442 e. The number of carbonyl (C=O) groups is 2. The molecule has 0 bridgehead atoms. The summed E-state index contributed by atoms with van der Waals surface area (Å²) in [4.78, 5) is 28.8. The molecule has 0 radical (unpaired) electrons. The smallest absolute Gasteiger partial charge is 0.414 e. The Labute approximate surface area is 167 Å². The van der Waals surface area contributed by atoms with Crippen LogP contribution in [0.25, 0.3) is 0 Å². The van der Waals surface area contributed by atoms with Crippen LogP contribution in [0.4, 0.5) is 20.6 Å². The number of anilines is 2. The minimum atomic E-state index is -0.506. The first-order chi connectivity index (χ1) is 13.9. The Kier molecular flexibility index (Phi) is 5.08. The summed E-state index contributed by atoms with van der Waals surface area (Å²) in [5, 5.41) is 7.88. The first kappa shape index (κ1) is 19.2. The van der Waals surface area contributed by atoms with Gasteiger partial charge in [-0.05, 0) is 25.1 Å². The van der Waals surface area contributed by atoms with Crippen LogP contribution < -0.4 is 9.80 Å². The summed E-state index contributed by atoms with van der Waals surface area (Å²) in [6, 6.07) is 4.75. The van der Waals surface area contributed by atoms with E-state index in [-0.39, 0.29) is 12.0 Å². The molecule has 2 aliphatic rings. The van der Waals surface area contributed by atoms with Crippen molar-refractivity contribution in [3.63, 3.8) is 0 Å². The summed E-state index contributed by atoms with van der Waals surface area (Å²) in [7, 11) is 0. The van der Waals surface area contributed by atoms with E-state index >= 15 is 0 Å². The molecule has 0 spiro atoms. The molecule has 1 atom stereocenters. The fourth-order valence-electron chi connectivity index (χ4n) is 3.70. The number of halogens is 1. The van der Waals surface area contributed by atoms with E-state index in [4.69, 9.17) is 4.74 Å². The van der Waals surface area contributed by atoms with Crippen LogP contribution in [-0.4, -0.2) is 70.7 Å². The number of cyclic esters (lactones) is 1. The maximum atomic E-state index is 14.8. The third kappa shape index (κ3) is 4.01. The van der Waals surface area contributed by atoms with Crippen molar-refractivity contribution >= 4 is 23.4 Å². The topological polar surface area (TPSA) is 83.8 Å². The molecule has 2 saturated heterocycles. The Balaban J connectivity index is 1.42. The molecule has 0 saturated carbocycles. The number of carbonyl (C=O) groups excluding carboxylic acids is 2. The number of nitrogens with zero attached hydrogens (tertiary/aromatic N) is 6. The van der Waals surface area contributed by atoms with Gasteiger partial charge in [-0.15, -0.1) is 5.10 Å². The van der Waals surface area contributed by atoms with Gasteiger partial charge in [-0.3, -0.25) is 9.69 Å². The highest BCUT2D eigenvalue weighted by atomic mass is 19.1. The molecule has 9 nitrogen and oxygen atoms in total. The lowest BCUT2D eigenvalue weighted by Gasteiger charge is -2.35. The fourth-order valence-corrected chi connectivity index (χ4v) is 3.70. The number of amides is 2. The lowest BCUT2D eigenvalue weighted by Crippen LogP contribution is -2.48. The zero-order chi connectivity index (χ0) is 20.5. The molecule has 2 aliphatic heterocycles. The van der Waals surface area contributed by atoms with E-state index in [0.717, 1.165) is 5.69 Å². The molecule has 1 aromatic carbocycles. The van der Waals surface area contributed by atoms with Crippen molar-refractivity contribution in [3.8, 4) is 0 Å². The average Bonchev–Trinajstić information content (AvgIpc) is 3.27. The van der Waals surface area contributed by atoms with Crippen LogP contribution in [0.1, 0.15) is 12.6 Å². The summed E-state index contributed by atoms with van der Waals surface area (Å²) >= 11 is 0. The van der Waals surface area contributed by atoms with Crippen LogP contribution in [0, 0.1) is 12.7 Å². The summed E-state index contributed by atoms with van der Waals surface area (Å²) in [6.45, 7) is 6.36. The van der Waals surface area contributed by atoms with Gasteiger partial charge in [0, 0.05) is 39.3 Å². The van der Waals surface area contributed by atoms with E-state index in [1.54, 1.807) is 27.9 Å². The molecule has 1 aromatic heterocycles. The van der Waals surface area contributed by atoms with Crippen LogP contribution in [0.2, 0.25) is 0 Å². The second-order valence-corrected chi connectivity index (χ2v) is 7.33. The molecule has 29 heavy (non-hydrogen) atoms. The molecule has 0 aliphatic carbocycles. The quantitative estimate of drug-likeness (QED) is 0.769. The Morgan fingerprint density at radius 1 is 1.28 bits per heavy atom. The van der Waals surface area contributed by atoms with Crippen LogP contribution in [-0.2, 0) is 16.1 Å². The van der Waals surface area contributed by atoms with Crippen molar-refractivity contribution in [1.82, 2.24) is 19.9 Å². The zero-order valence-electron chi connectivity index (χ0n) is 16.4. The molecule has 10 heteroatoms. The summed E-state index contributed by atoms with van der Waals surface area (Å²) < 4.78 is 21.8. The van der Waals surface area contributed by atoms with E-state index in [9.17, 15) is 14.0 Å². The van der Waals surface area contributed by atoms with Crippen LogP contribution >= 0.6 is 0 Å². The van der Waals surface area contributed by atoms with Crippen molar-refractivity contribution in [3.05, 3.63) is 35.9 Å². The van der Waals surface area contributed by atoms with Gasteiger partial charge in [0.1, 0.15) is 11.9 Å². The van der Waals surface area contributed by atoms with Crippen molar-refractivity contribution < 1.29 is 18.7 Å². The molecule has 0 N–H and O–H groups in total. The van der Waals surface area contributed by atoms with Crippen molar-refractivity contribution in [2.45, 2.75) is 26.5 Å². The molecule has 4 rings (SSSR count). The van der Waals surface area contributed by atoms with E-state index in [2.05, 4.69) is 10.3 Å². The molecule has 2 amide bonds. The molecule has 0 unspecified atom stereocenters. The Hall–Kier alpha value is -3.17. The SMILES string of the molecule is CC(=O)N1CCN(c2ccc(N3C[C@H](Cn4cc(C)nn4)OC3=O)cc2F)CC1. The van der Waals surface area contributed by atoms with Gasteiger partial charge in [-0.2, -0.15) is 0 Å². The Morgan fingerprint density at radius 3 is 2.66 bits per heavy atom. The highest BCUT2D eigenvalue weighted by molar-refractivity contribution is 5.90. The number of hydrogen-bond acceptors (Lipinski definition) is 6. The summed E-state index contributed by atoms with van der Waals surface area (Å²) in [6.07, 6.45) is 0.886. The molecule has 3 heterocycles. The van der Waals surface area contributed by atoms with Crippen LogP contribution in [0.5, 0.6) is 0 Å². The first-order valence-electron chi connectivity index (χ1n) is 9.55. The zero-order valence-corrected chi connectivity index (χ0v) is 16.4. The number of piperazine rings is 1. The van der Waals surface area contributed by atoms with Gasteiger partial charge >= 0.3 is 6.09 Å². The minimum absolute atomic E-state index is 0.0311. The number of rotatable bonds is 4. The number of benzene rings is 1. The number of ether oxygens (including phenoxy) is 1. The van der Waals surface area contributed by atoms with Crippen LogP contribution in [0.15, 0.2) is 24.4 Å². The fraction of sp³-hybridized carbons (Fsp3) is 0.474. The van der Waals surface area contributed by atoms with Crippen molar-refractivity contribution in [1.29, 1.82) is 0 Å². The normalized spacial score (nSPS) is 19.6. The van der Waals surface area contributed by atoms with Gasteiger partial charge in [-0.25, -0.2) is 13.9 Å². The van der Waals surface area contributed by atoms with E-state index < -0.39 is 11.9 Å². The number of hydrogen-bond donors (Lipinski definition) is 0. The maximum absolute atomic E-state index is 14.8. The number of aryl methyl sites for hydroxylation is 1. The van der Waals surface area contributed by atoms with Gasteiger partial charge in [0.15, 0.2) is 0 Å². The second-order valence-electron chi connectivity index (χ2n) is 7.33. The highest BCUT2D eigenvalue weighted by Gasteiger charge is 2.33. The van der Waals surface area contributed by atoms with Gasteiger partial charge in [-0.1, -0.05) is 5.21 Å². The third-order valence-corrected chi connectivity index (χ3v) is 5.23. The third-order valence-electron chi connectivity index (χ3n) is 5.23. The summed E-state index contributed by atoms with van der Waals surface area (Å²) in [5.41, 5.74) is 1.71. The van der Waals surface area contributed by atoms with Crippen LogP contribution in [0.3, 0.4) is 0 Å². The standard InChI is InChI=1S/C19H23FN6O3/c1-13-10-25(22-21-13)11-16-12-26(19(28)29-16)15-3-4-18(17(20)9-15)24-7-5-23(6-8-24)14(2)27/h3-4,9-10,16H,5-8,11-12H2,1-2H3/t16-/m0/s1. The second kappa shape index (κ2) is 7.69. The Morgan fingerprint density at radius 2 is 2.03 bits per heavy atom. The van der Waals surface area contributed by atoms with Gasteiger partial charge in [0.05, 0.1) is 30.2 Å². The molecular formula is C19H23FN6O3. The van der Waals surface area contributed by atoms with E-state index in [1.165, 1.54) is 17.9 Å². The largest absolute Gasteiger partial charge is 0.442 e. The first-order valence-corrected chi connectivity index (χ1v) is 9.55. The number of aromatic nitrogens is 3. The predicted molar refractivity (Wildman–Crippen MR) is 103 cm³/mol. The van der Waals surface area contributed by atoms with Crippen molar-refractivity contribution in [2.24, 2.45) is 0 Å². The van der Waals surface area contributed by atoms with Gasteiger partial charge in [0.2, 0.25) is 5.91 Å². The lowest BCUT2D eigenvalue weighted by atomic mass is 10.2. The van der Waals surface area contributed by atoms with E-state index in [1.807, 2.05) is 11.8 Å². The summed E-state index contributed by atoms with van der Waals surface area (Å²) in [5.74, 6) is -0.370. The Bertz CT molecular complexity index is 924. The monoisotopic (exact) mass is 402 g/mol. The highest BCUT2D eigenvalue weighted by Crippen LogP contribution is 2.28. The molecular weight excluding hydrogens is 379 g/mol. The predicted octanol–water partition coefficient (Wildman–Crippen LogP) is 1.42. The van der Waals surface area contributed by atoms with Gasteiger partial charge < -0.3 is 14.5 Å². The molecule has 154 valence electrons.